The highest BCUT2D eigenvalue weighted by Crippen LogP contribution is 2.36. The second-order valence-corrected chi connectivity index (χ2v) is 5.81. The number of hydrogen-bond donors (Lipinski definition) is 0. The zero-order valence-electron chi connectivity index (χ0n) is 10.1. The van der Waals surface area contributed by atoms with Crippen molar-refractivity contribution in [3.05, 3.63) is 47.5 Å². The molecular formula is C16H18. The second-order valence-electron chi connectivity index (χ2n) is 5.81. The first kappa shape index (κ1) is 9.89. The number of hydrogen-bond acceptors (Lipinski definition) is 0. The van der Waals surface area contributed by atoms with Crippen molar-refractivity contribution in [3.63, 3.8) is 0 Å². The molecule has 1 aliphatic carbocycles. The van der Waals surface area contributed by atoms with E-state index in [1.54, 1.807) is 11.1 Å². The van der Waals surface area contributed by atoms with Crippen LogP contribution >= 0.6 is 0 Å². The molecule has 0 saturated carbocycles. The zero-order valence-corrected chi connectivity index (χ0v) is 10.1. The summed E-state index contributed by atoms with van der Waals surface area (Å²) >= 11 is 0. The Bertz CT molecular complexity index is 535. The lowest BCUT2D eigenvalue weighted by Crippen LogP contribution is -2.21. The highest BCUT2D eigenvalue weighted by Gasteiger charge is 2.25. The topological polar surface area (TPSA) is 0 Å². The van der Waals surface area contributed by atoms with Gasteiger partial charge in [0.2, 0.25) is 0 Å². The summed E-state index contributed by atoms with van der Waals surface area (Å²) in [6, 6.07) is 13.5. The van der Waals surface area contributed by atoms with E-state index in [2.05, 4.69) is 50.2 Å². The number of rotatable bonds is 0. The molecule has 0 fully saturated rings. The van der Waals surface area contributed by atoms with Crippen molar-refractivity contribution in [1.82, 2.24) is 0 Å². The molecule has 0 saturated heterocycles. The predicted octanol–water partition coefficient (Wildman–Crippen LogP) is 4.35. The molecule has 0 bridgehead atoms. The lowest BCUT2D eigenvalue weighted by Gasteiger charge is -2.31. The first-order valence-electron chi connectivity index (χ1n) is 6.15. The van der Waals surface area contributed by atoms with Gasteiger partial charge in [-0.25, -0.2) is 0 Å². The van der Waals surface area contributed by atoms with Crippen molar-refractivity contribution in [3.8, 4) is 0 Å². The summed E-state index contributed by atoms with van der Waals surface area (Å²) < 4.78 is 0. The molecule has 0 heteroatoms. The summed E-state index contributed by atoms with van der Waals surface area (Å²) in [5, 5.41) is 2.78. The maximum Gasteiger partial charge on any atom is -0.0181 e. The van der Waals surface area contributed by atoms with Crippen molar-refractivity contribution in [2.45, 2.75) is 33.1 Å². The summed E-state index contributed by atoms with van der Waals surface area (Å²) in [5.41, 5.74) is 3.61. The molecule has 0 spiro atoms. The first-order valence-corrected chi connectivity index (χ1v) is 6.15. The van der Waals surface area contributed by atoms with E-state index in [9.17, 15) is 0 Å². The van der Waals surface area contributed by atoms with Crippen LogP contribution in [0, 0.1) is 5.41 Å². The zero-order chi connectivity index (χ0) is 11.2. The molecule has 0 radical (unpaired) electrons. The average Bonchev–Trinajstić information content (AvgIpc) is 2.25. The molecule has 1 aliphatic rings. The highest BCUT2D eigenvalue weighted by atomic mass is 14.3. The lowest BCUT2D eigenvalue weighted by atomic mass is 9.74. The monoisotopic (exact) mass is 210 g/mol. The van der Waals surface area contributed by atoms with Crippen molar-refractivity contribution < 1.29 is 0 Å². The van der Waals surface area contributed by atoms with Gasteiger partial charge in [-0.15, -0.1) is 0 Å². The average molecular weight is 210 g/mol. The van der Waals surface area contributed by atoms with Crippen LogP contribution in [0.25, 0.3) is 10.8 Å². The minimum Gasteiger partial charge on any atom is -0.0616 e. The molecule has 0 unspecified atom stereocenters. The van der Waals surface area contributed by atoms with Gasteiger partial charge in [0.1, 0.15) is 0 Å². The van der Waals surface area contributed by atoms with Gasteiger partial charge in [-0.2, -0.15) is 0 Å². The van der Waals surface area contributed by atoms with E-state index in [4.69, 9.17) is 0 Å². The van der Waals surface area contributed by atoms with Crippen LogP contribution in [0.15, 0.2) is 36.4 Å². The van der Waals surface area contributed by atoms with Crippen LogP contribution in [-0.2, 0) is 12.8 Å². The molecule has 0 atom stereocenters. The van der Waals surface area contributed by atoms with E-state index in [1.165, 1.54) is 30.0 Å². The Morgan fingerprint density at radius 3 is 2.25 bits per heavy atom. The largest absolute Gasteiger partial charge is 0.0616 e. The summed E-state index contributed by atoms with van der Waals surface area (Å²) in [6.07, 6.45) is 3.79. The quantitative estimate of drug-likeness (QED) is 0.606. The summed E-state index contributed by atoms with van der Waals surface area (Å²) in [7, 11) is 0. The van der Waals surface area contributed by atoms with Gasteiger partial charge in [0.05, 0.1) is 0 Å². The van der Waals surface area contributed by atoms with E-state index in [0.717, 1.165) is 0 Å². The Balaban J connectivity index is 2.17. The lowest BCUT2D eigenvalue weighted by molar-refractivity contribution is 0.315. The summed E-state index contributed by atoms with van der Waals surface area (Å²) in [4.78, 5) is 0. The van der Waals surface area contributed by atoms with E-state index in [0.29, 0.717) is 5.41 Å². The molecule has 2 aromatic carbocycles. The molecule has 0 N–H and O–H groups in total. The normalized spacial score (nSPS) is 18.4. The standard InChI is InChI=1S/C16H18/c1-16(2)8-7-14-9-12-5-3-4-6-13(12)10-15(14)11-16/h3-6,9-10H,7-8,11H2,1-2H3. The molecule has 16 heavy (non-hydrogen) atoms. The molecule has 0 amide bonds. The molecule has 82 valence electrons. The molecule has 0 aliphatic heterocycles. The number of benzene rings is 2. The fraction of sp³-hybridized carbons (Fsp3) is 0.375. The maximum atomic E-state index is 2.39. The van der Waals surface area contributed by atoms with Crippen molar-refractivity contribution in [2.75, 3.05) is 0 Å². The van der Waals surface area contributed by atoms with E-state index in [1.807, 2.05) is 0 Å². The van der Waals surface area contributed by atoms with Crippen LogP contribution < -0.4 is 0 Å². The van der Waals surface area contributed by atoms with Crippen molar-refractivity contribution in [2.24, 2.45) is 5.41 Å². The Hall–Kier alpha value is -1.30. The number of aryl methyl sites for hydroxylation is 1. The van der Waals surface area contributed by atoms with Gasteiger partial charge in [0.15, 0.2) is 0 Å². The van der Waals surface area contributed by atoms with Crippen LogP contribution in [0.3, 0.4) is 0 Å². The van der Waals surface area contributed by atoms with Crippen molar-refractivity contribution >= 4 is 10.8 Å². The van der Waals surface area contributed by atoms with Gasteiger partial charge < -0.3 is 0 Å². The van der Waals surface area contributed by atoms with Crippen LogP contribution in [0.5, 0.6) is 0 Å². The predicted molar refractivity (Wildman–Crippen MR) is 69.8 cm³/mol. The molecule has 3 rings (SSSR count). The third kappa shape index (κ3) is 1.63. The van der Waals surface area contributed by atoms with Crippen LogP contribution in [-0.4, -0.2) is 0 Å². The van der Waals surface area contributed by atoms with Crippen LogP contribution in [0.4, 0.5) is 0 Å². The van der Waals surface area contributed by atoms with E-state index in [-0.39, 0.29) is 0 Å². The Labute approximate surface area is 97.3 Å². The summed E-state index contributed by atoms with van der Waals surface area (Å²) in [5.74, 6) is 0. The maximum absolute atomic E-state index is 2.39. The third-order valence-corrected chi connectivity index (χ3v) is 3.81. The fourth-order valence-corrected chi connectivity index (χ4v) is 2.81. The molecule has 0 heterocycles. The van der Waals surface area contributed by atoms with Crippen LogP contribution in [0.1, 0.15) is 31.4 Å². The first-order chi connectivity index (χ1) is 7.64. The summed E-state index contributed by atoms with van der Waals surface area (Å²) in [6.45, 7) is 4.76. The van der Waals surface area contributed by atoms with E-state index >= 15 is 0 Å². The van der Waals surface area contributed by atoms with Gasteiger partial charge in [-0.05, 0) is 46.6 Å². The Morgan fingerprint density at radius 2 is 1.56 bits per heavy atom. The number of fused-ring (bicyclic) bond motifs is 2. The van der Waals surface area contributed by atoms with Crippen LogP contribution in [0.2, 0.25) is 0 Å². The van der Waals surface area contributed by atoms with Gasteiger partial charge in [-0.1, -0.05) is 50.2 Å². The minimum absolute atomic E-state index is 0.482. The Morgan fingerprint density at radius 1 is 0.938 bits per heavy atom. The Kier molecular flexibility index (Phi) is 2.07. The fourth-order valence-electron chi connectivity index (χ4n) is 2.81. The minimum atomic E-state index is 0.482. The van der Waals surface area contributed by atoms with Gasteiger partial charge >= 0.3 is 0 Å². The second kappa shape index (κ2) is 3.35. The van der Waals surface area contributed by atoms with E-state index < -0.39 is 0 Å². The SMILES string of the molecule is CC1(C)CCc2cc3ccccc3cc2C1. The molecule has 0 nitrogen and oxygen atoms in total. The molecule has 2 aromatic rings. The molecule has 0 aromatic heterocycles. The van der Waals surface area contributed by atoms with Gasteiger partial charge in [0.25, 0.3) is 0 Å². The van der Waals surface area contributed by atoms with Gasteiger partial charge in [-0.3, -0.25) is 0 Å². The molecular weight excluding hydrogens is 192 g/mol. The third-order valence-electron chi connectivity index (χ3n) is 3.81. The smallest absolute Gasteiger partial charge is 0.0181 e. The van der Waals surface area contributed by atoms with Crippen molar-refractivity contribution in [1.29, 1.82) is 0 Å². The van der Waals surface area contributed by atoms with Gasteiger partial charge in [0, 0.05) is 0 Å². The highest BCUT2D eigenvalue weighted by molar-refractivity contribution is 5.84.